The van der Waals surface area contributed by atoms with Gasteiger partial charge in [0.05, 0.1) is 17.1 Å². The molecular formula is C12H17NO5. The molecule has 0 saturated carbocycles. The van der Waals surface area contributed by atoms with Gasteiger partial charge in [-0.15, -0.1) is 0 Å². The topological polar surface area (TPSA) is 92.8 Å². The summed E-state index contributed by atoms with van der Waals surface area (Å²) >= 11 is 0. The van der Waals surface area contributed by atoms with Crippen LogP contribution in [0.25, 0.3) is 0 Å². The largest absolute Gasteiger partial charge is 0.488 e. The van der Waals surface area contributed by atoms with Crippen molar-refractivity contribution >= 4 is 5.69 Å². The minimum atomic E-state index is -0.888. The predicted molar refractivity (Wildman–Crippen MR) is 65.5 cm³/mol. The van der Waals surface area contributed by atoms with Crippen LogP contribution in [-0.4, -0.2) is 27.3 Å². The summed E-state index contributed by atoms with van der Waals surface area (Å²) in [5.74, 6) is 0.337. The number of aliphatic hydroxyl groups is 2. The van der Waals surface area contributed by atoms with Crippen molar-refractivity contribution in [1.82, 2.24) is 0 Å². The fourth-order valence-corrected chi connectivity index (χ4v) is 1.38. The van der Waals surface area contributed by atoms with Gasteiger partial charge in [-0.1, -0.05) is 0 Å². The number of aliphatic hydroxyl groups excluding tert-OH is 2. The third-order valence-corrected chi connectivity index (χ3v) is 2.65. The molecule has 0 radical (unpaired) electrons. The van der Waals surface area contributed by atoms with Crippen molar-refractivity contribution in [1.29, 1.82) is 0 Å². The second-order valence-electron chi connectivity index (χ2n) is 4.22. The first-order valence-corrected chi connectivity index (χ1v) is 5.64. The van der Waals surface area contributed by atoms with E-state index in [1.165, 1.54) is 25.1 Å². The molecule has 2 N–H and O–H groups in total. The summed E-state index contributed by atoms with van der Waals surface area (Å²) < 4.78 is 5.47. The van der Waals surface area contributed by atoms with Crippen LogP contribution in [0.1, 0.15) is 32.4 Å². The van der Waals surface area contributed by atoms with Gasteiger partial charge < -0.3 is 14.9 Å². The number of benzene rings is 1. The highest BCUT2D eigenvalue weighted by molar-refractivity contribution is 5.44. The van der Waals surface area contributed by atoms with Gasteiger partial charge in [0, 0.05) is 17.7 Å². The van der Waals surface area contributed by atoms with Gasteiger partial charge in [-0.05, 0) is 26.8 Å². The molecule has 0 amide bonds. The highest BCUT2D eigenvalue weighted by atomic mass is 16.6. The molecule has 0 fully saturated rings. The van der Waals surface area contributed by atoms with Crippen molar-refractivity contribution < 1.29 is 19.9 Å². The van der Waals surface area contributed by atoms with Crippen LogP contribution in [0.5, 0.6) is 5.75 Å². The van der Waals surface area contributed by atoms with Crippen molar-refractivity contribution in [3.05, 3.63) is 33.9 Å². The van der Waals surface area contributed by atoms with Gasteiger partial charge in [0.25, 0.3) is 5.69 Å². The number of rotatable bonds is 5. The zero-order valence-electron chi connectivity index (χ0n) is 10.5. The highest BCUT2D eigenvalue weighted by Gasteiger charge is 2.18. The monoisotopic (exact) mass is 255 g/mol. The maximum Gasteiger partial charge on any atom is 0.270 e. The molecule has 1 aromatic rings. The zero-order chi connectivity index (χ0) is 13.9. The van der Waals surface area contributed by atoms with Crippen LogP contribution < -0.4 is 4.74 Å². The summed E-state index contributed by atoms with van der Waals surface area (Å²) in [6, 6.07) is 4.00. The van der Waals surface area contributed by atoms with Crippen LogP contribution in [0, 0.1) is 10.1 Å². The molecule has 0 saturated heterocycles. The number of non-ortho nitro benzene ring substituents is 1. The summed E-state index contributed by atoms with van der Waals surface area (Å²) in [5.41, 5.74) is 0.222. The van der Waals surface area contributed by atoms with Gasteiger partial charge in [0.15, 0.2) is 0 Å². The Labute approximate surface area is 105 Å². The minimum absolute atomic E-state index is 0.108. The van der Waals surface area contributed by atoms with Crippen LogP contribution >= 0.6 is 0 Å². The molecule has 0 aliphatic carbocycles. The molecule has 100 valence electrons. The molecule has 6 nitrogen and oxygen atoms in total. The van der Waals surface area contributed by atoms with Crippen LogP contribution in [0.2, 0.25) is 0 Å². The summed E-state index contributed by atoms with van der Waals surface area (Å²) in [5, 5.41) is 29.6. The van der Waals surface area contributed by atoms with Crippen LogP contribution in [0.3, 0.4) is 0 Å². The molecule has 0 bridgehead atoms. The molecular weight excluding hydrogens is 238 g/mol. The molecule has 0 aliphatic rings. The van der Waals surface area contributed by atoms with E-state index in [2.05, 4.69) is 0 Å². The van der Waals surface area contributed by atoms with Crippen LogP contribution in [-0.2, 0) is 0 Å². The first-order valence-electron chi connectivity index (χ1n) is 5.64. The number of nitrogens with zero attached hydrogens (tertiary/aromatic N) is 1. The maximum absolute atomic E-state index is 10.7. The van der Waals surface area contributed by atoms with E-state index in [9.17, 15) is 20.3 Å². The zero-order valence-corrected chi connectivity index (χ0v) is 10.5. The second-order valence-corrected chi connectivity index (χ2v) is 4.22. The number of hydrogen-bond donors (Lipinski definition) is 2. The Hall–Kier alpha value is -1.66. The Morgan fingerprint density at radius 2 is 1.89 bits per heavy atom. The van der Waals surface area contributed by atoms with Crippen molar-refractivity contribution in [2.24, 2.45) is 0 Å². The van der Waals surface area contributed by atoms with E-state index in [0.29, 0.717) is 11.3 Å². The van der Waals surface area contributed by atoms with Crippen molar-refractivity contribution in [2.75, 3.05) is 0 Å². The Morgan fingerprint density at radius 3 is 2.33 bits per heavy atom. The Balaban J connectivity index is 3.08. The Morgan fingerprint density at radius 1 is 1.28 bits per heavy atom. The molecule has 0 aliphatic heterocycles. The average molecular weight is 255 g/mol. The standard InChI is InChI=1S/C12H17NO5/c1-7(14)9(3)18-12-5-4-10(13(16)17)6-11(12)8(2)15/h4-9,14-15H,1-3H3/t7?,8-,9?/m0/s1. The minimum Gasteiger partial charge on any atom is -0.488 e. The smallest absolute Gasteiger partial charge is 0.270 e. The van der Waals surface area contributed by atoms with E-state index in [-0.39, 0.29) is 5.69 Å². The summed E-state index contributed by atoms with van der Waals surface area (Å²) in [6.07, 6.45) is -2.04. The Bertz CT molecular complexity index is 430. The van der Waals surface area contributed by atoms with Gasteiger partial charge in [-0.3, -0.25) is 10.1 Å². The van der Waals surface area contributed by atoms with Crippen LogP contribution in [0.15, 0.2) is 18.2 Å². The lowest BCUT2D eigenvalue weighted by molar-refractivity contribution is -0.385. The molecule has 2 unspecified atom stereocenters. The molecule has 0 aromatic heterocycles. The third kappa shape index (κ3) is 3.41. The molecule has 1 rings (SSSR count). The lowest BCUT2D eigenvalue weighted by Crippen LogP contribution is -2.26. The van der Waals surface area contributed by atoms with E-state index in [4.69, 9.17) is 4.74 Å². The highest BCUT2D eigenvalue weighted by Crippen LogP contribution is 2.30. The normalized spacial score (nSPS) is 15.8. The number of nitro groups is 1. The molecule has 0 heterocycles. The summed E-state index contributed by atoms with van der Waals surface area (Å²) in [7, 11) is 0. The average Bonchev–Trinajstić information content (AvgIpc) is 2.28. The van der Waals surface area contributed by atoms with E-state index in [1.807, 2.05) is 0 Å². The van der Waals surface area contributed by atoms with Gasteiger partial charge >= 0.3 is 0 Å². The van der Waals surface area contributed by atoms with E-state index >= 15 is 0 Å². The van der Waals surface area contributed by atoms with E-state index in [1.54, 1.807) is 13.8 Å². The quantitative estimate of drug-likeness (QED) is 0.618. The first-order chi connectivity index (χ1) is 8.32. The van der Waals surface area contributed by atoms with Gasteiger partial charge in [0.1, 0.15) is 11.9 Å². The first kappa shape index (κ1) is 14.4. The van der Waals surface area contributed by atoms with Crippen LogP contribution in [0.4, 0.5) is 5.69 Å². The lowest BCUT2D eigenvalue weighted by Gasteiger charge is -2.20. The maximum atomic E-state index is 10.7. The number of nitro benzene ring substituents is 1. The molecule has 18 heavy (non-hydrogen) atoms. The van der Waals surface area contributed by atoms with Gasteiger partial charge in [-0.2, -0.15) is 0 Å². The van der Waals surface area contributed by atoms with E-state index < -0.39 is 23.2 Å². The Kier molecular flexibility index (Phi) is 4.63. The summed E-state index contributed by atoms with van der Waals surface area (Å²) in [6.45, 7) is 4.76. The van der Waals surface area contributed by atoms with Crippen molar-refractivity contribution in [3.63, 3.8) is 0 Å². The fourth-order valence-electron chi connectivity index (χ4n) is 1.38. The van der Waals surface area contributed by atoms with Crippen molar-refractivity contribution in [3.8, 4) is 5.75 Å². The molecule has 3 atom stereocenters. The number of ether oxygens (including phenoxy) is 1. The number of hydrogen-bond acceptors (Lipinski definition) is 5. The van der Waals surface area contributed by atoms with Crippen molar-refractivity contribution in [2.45, 2.75) is 39.1 Å². The van der Waals surface area contributed by atoms with Gasteiger partial charge in [-0.25, -0.2) is 0 Å². The molecule has 0 spiro atoms. The second kappa shape index (κ2) is 5.79. The van der Waals surface area contributed by atoms with E-state index in [0.717, 1.165) is 0 Å². The van der Waals surface area contributed by atoms with Gasteiger partial charge in [0.2, 0.25) is 0 Å². The lowest BCUT2D eigenvalue weighted by atomic mass is 10.1. The SMILES string of the molecule is CC(O)C(C)Oc1ccc([N+](=O)[O-])cc1[C@H](C)O. The fraction of sp³-hybridized carbons (Fsp3) is 0.500. The third-order valence-electron chi connectivity index (χ3n) is 2.65. The molecule has 6 heteroatoms. The predicted octanol–water partition coefficient (Wildman–Crippen LogP) is 1.80. The summed E-state index contributed by atoms with van der Waals surface area (Å²) in [4.78, 5) is 10.1. The molecule has 1 aromatic carbocycles.